The van der Waals surface area contributed by atoms with E-state index in [2.05, 4.69) is 49.2 Å². The molecule has 3 aliphatic rings. The number of nitrogens with zero attached hydrogens (tertiary/aromatic N) is 1. The molecule has 2 aromatic rings. The molecule has 0 radical (unpaired) electrons. The van der Waals surface area contributed by atoms with E-state index in [0.29, 0.717) is 23.5 Å². The topological polar surface area (TPSA) is 41.9 Å². The van der Waals surface area contributed by atoms with Crippen LogP contribution in [0.25, 0.3) is 5.57 Å². The van der Waals surface area contributed by atoms with Crippen molar-refractivity contribution in [1.82, 2.24) is 0 Å². The Bertz CT molecular complexity index is 1200. The molecule has 31 heavy (non-hydrogen) atoms. The molecule has 1 N–H and O–H groups in total. The van der Waals surface area contributed by atoms with E-state index in [1.807, 2.05) is 25.1 Å². The first kappa shape index (κ1) is 20.4. The molecule has 0 spiro atoms. The molecule has 2 heterocycles. The molecule has 5 rings (SSSR count). The normalized spacial score (nSPS) is 17.4. The van der Waals surface area contributed by atoms with Crippen LogP contribution >= 0.6 is 0 Å². The second kappa shape index (κ2) is 7.85. The quantitative estimate of drug-likeness (QED) is 0.722. The molecule has 160 valence electrons. The second-order valence-corrected chi connectivity index (χ2v) is 8.51. The molecule has 6 heteroatoms. The number of allylic oxidation sites excluding steroid dienone is 4. The molecule has 0 bridgehead atoms. The number of likely N-dealkylation sites (N-methyl/N-ethyl adjacent to an activating group) is 1. The zero-order valence-electron chi connectivity index (χ0n) is 17.8. The van der Waals surface area contributed by atoms with Gasteiger partial charge in [-0.05, 0) is 0 Å². The van der Waals surface area contributed by atoms with Gasteiger partial charge in [0.1, 0.15) is 0 Å². The van der Waals surface area contributed by atoms with Gasteiger partial charge in [-0.25, -0.2) is 0 Å². The van der Waals surface area contributed by atoms with Crippen molar-refractivity contribution in [1.29, 1.82) is 0 Å². The summed E-state index contributed by atoms with van der Waals surface area (Å²) >= 11 is 5.23. The summed E-state index contributed by atoms with van der Waals surface area (Å²) < 4.78 is 12.8. The van der Waals surface area contributed by atoms with Gasteiger partial charge >= 0.3 is 191 Å². The van der Waals surface area contributed by atoms with E-state index < -0.39 is 6.92 Å². The molecule has 0 amide bonds. The Morgan fingerprint density at radius 2 is 1.97 bits per heavy atom. The fourth-order valence-electron chi connectivity index (χ4n) is 4.70. The Hall–Kier alpha value is -2.55. The number of hydrogen-bond acceptors (Lipinski definition) is 4. The van der Waals surface area contributed by atoms with E-state index in [4.69, 9.17) is 24.5 Å². The summed E-state index contributed by atoms with van der Waals surface area (Å²) in [5.74, 6) is 1.35. The molecule has 0 atom stereocenters. The van der Waals surface area contributed by atoms with E-state index >= 15 is 0 Å². The average Bonchev–Trinajstić information content (AvgIpc) is 2.76. The van der Waals surface area contributed by atoms with Crippen LogP contribution in [0, 0.1) is 6.92 Å². The van der Waals surface area contributed by atoms with E-state index in [1.54, 1.807) is 0 Å². The number of fused-ring (bicyclic) bond motifs is 4. The van der Waals surface area contributed by atoms with Gasteiger partial charge in [-0.1, -0.05) is 0 Å². The molecule has 0 unspecified atom stereocenters. The zero-order valence-corrected chi connectivity index (χ0v) is 18.8. The van der Waals surface area contributed by atoms with Gasteiger partial charge in [-0.3, -0.25) is 0 Å². The molecular weight excluding hydrogens is 432 g/mol. The molecule has 0 aromatic heterocycles. The Morgan fingerprint density at radius 1 is 1.16 bits per heavy atom. The second-order valence-electron chi connectivity index (χ2n) is 7.98. The predicted molar refractivity (Wildman–Crippen MR) is 123 cm³/mol. The van der Waals surface area contributed by atoms with Crippen molar-refractivity contribution in [3.8, 4) is 5.75 Å². The molecule has 0 saturated carbocycles. The summed E-state index contributed by atoms with van der Waals surface area (Å²) in [5, 5.41) is 11.7. The van der Waals surface area contributed by atoms with Gasteiger partial charge in [-0.2, -0.15) is 0 Å². The number of ether oxygens (including phenoxy) is 2. The minimum atomic E-state index is -0.879. The third kappa shape index (κ3) is 3.12. The van der Waals surface area contributed by atoms with Gasteiger partial charge in [0, 0.05) is 0 Å². The van der Waals surface area contributed by atoms with E-state index in [1.165, 1.54) is 5.56 Å². The van der Waals surface area contributed by atoms with Crippen molar-refractivity contribution in [3.05, 3.63) is 82.0 Å². The first-order valence-corrected chi connectivity index (χ1v) is 11.1. The summed E-state index contributed by atoms with van der Waals surface area (Å²) in [6.07, 6.45) is 3.94. The van der Waals surface area contributed by atoms with Crippen molar-refractivity contribution in [2.45, 2.75) is 13.8 Å². The monoisotopic (exact) mass is 455 g/mol. The van der Waals surface area contributed by atoms with Gasteiger partial charge < -0.3 is 0 Å². The molecule has 4 nitrogen and oxygen atoms in total. The average molecular weight is 456 g/mol. The fraction of sp³-hybridized carbons (Fsp3) is 0.240. The van der Waals surface area contributed by atoms with Crippen LogP contribution in [0.5, 0.6) is 5.75 Å². The SMILES string of the molecule is CCOC1=C2B(O)c3c(ccc4c3OCCN4C)C(c3ccccc3C)=C2C=C[C]1=[Ni]. The first-order chi connectivity index (χ1) is 15.0. The van der Waals surface area contributed by atoms with Gasteiger partial charge in [-0.15, -0.1) is 0 Å². The van der Waals surface area contributed by atoms with E-state index in [0.717, 1.165) is 51.2 Å². The van der Waals surface area contributed by atoms with Crippen LogP contribution in [0.15, 0.2) is 65.4 Å². The Balaban J connectivity index is 1.89. The standard InChI is InChI=1S/C25H24BNO3.Ni/c1-4-29-21-11-7-10-18-22(17-9-6-5-8-16(17)2)19-12-13-20-25(30-15-14-27(20)3)24(19)26(28)23(18)21;/h5-10,12-13,28H,4,14-15H2,1-3H3;. The van der Waals surface area contributed by atoms with Gasteiger partial charge in [0.15, 0.2) is 0 Å². The number of anilines is 1. The molecule has 2 aromatic carbocycles. The molecule has 1 aliphatic carbocycles. The predicted octanol–water partition coefficient (Wildman–Crippen LogP) is 2.95. The summed E-state index contributed by atoms with van der Waals surface area (Å²) in [7, 11) is 2.05. The van der Waals surface area contributed by atoms with Crippen LogP contribution < -0.4 is 15.1 Å². The number of aryl methyl sites for hydroxylation is 1. The van der Waals surface area contributed by atoms with Crippen LogP contribution in [0.3, 0.4) is 0 Å². The maximum atomic E-state index is 11.7. The Labute approximate surface area is 190 Å². The van der Waals surface area contributed by atoms with Crippen molar-refractivity contribution < 1.29 is 29.5 Å². The Morgan fingerprint density at radius 3 is 2.74 bits per heavy atom. The summed E-state index contributed by atoms with van der Waals surface area (Å²) in [4.78, 5) is 2.17. The van der Waals surface area contributed by atoms with E-state index in [9.17, 15) is 5.02 Å². The number of benzene rings is 2. The van der Waals surface area contributed by atoms with Gasteiger partial charge in [0.2, 0.25) is 0 Å². The first-order valence-electron chi connectivity index (χ1n) is 10.6. The minimum absolute atomic E-state index is 0.484. The van der Waals surface area contributed by atoms with Gasteiger partial charge in [0.25, 0.3) is 0 Å². The van der Waals surface area contributed by atoms with Crippen molar-refractivity contribution in [3.63, 3.8) is 0 Å². The van der Waals surface area contributed by atoms with Crippen molar-refractivity contribution in [2.24, 2.45) is 0 Å². The molecule has 2 aliphatic heterocycles. The summed E-state index contributed by atoms with van der Waals surface area (Å²) in [6, 6.07) is 12.5. The third-order valence-electron chi connectivity index (χ3n) is 6.17. The van der Waals surface area contributed by atoms with Crippen molar-refractivity contribution in [2.75, 3.05) is 31.7 Å². The van der Waals surface area contributed by atoms with Gasteiger partial charge in [0.05, 0.1) is 0 Å². The zero-order chi connectivity index (χ0) is 21.7. The van der Waals surface area contributed by atoms with Crippen LogP contribution in [-0.2, 0) is 19.8 Å². The maximum absolute atomic E-state index is 11.7. The Kier molecular flexibility index (Phi) is 5.16. The van der Waals surface area contributed by atoms with Crippen LogP contribution in [0.1, 0.15) is 23.6 Å². The fourth-order valence-corrected chi connectivity index (χ4v) is 4.99. The van der Waals surface area contributed by atoms with E-state index in [-0.39, 0.29) is 0 Å². The van der Waals surface area contributed by atoms with Crippen LogP contribution in [0.2, 0.25) is 0 Å². The molecule has 0 fully saturated rings. The number of hydrogen-bond donors (Lipinski definition) is 1. The third-order valence-corrected chi connectivity index (χ3v) is 6.56. The number of rotatable bonds is 3. The van der Waals surface area contributed by atoms with Crippen LogP contribution in [0.4, 0.5) is 5.69 Å². The molecular formula is C25H24BNNiO3. The summed E-state index contributed by atoms with van der Waals surface area (Å²) in [5.41, 5.74) is 7.85. The molecule has 0 saturated heterocycles. The van der Waals surface area contributed by atoms with Crippen molar-refractivity contribution >= 4 is 28.1 Å². The summed E-state index contributed by atoms with van der Waals surface area (Å²) in [6.45, 7) is 5.06. The van der Waals surface area contributed by atoms with Crippen LogP contribution in [-0.4, -0.2) is 43.2 Å².